The van der Waals surface area contributed by atoms with Gasteiger partial charge in [0.1, 0.15) is 5.82 Å². The monoisotopic (exact) mass is 259 g/mol. The Hall–Kier alpha value is -1.81. The van der Waals surface area contributed by atoms with E-state index in [0.29, 0.717) is 17.8 Å². The molecule has 1 aromatic heterocycles. The highest BCUT2D eigenvalue weighted by Gasteiger charge is 2.17. The van der Waals surface area contributed by atoms with Gasteiger partial charge in [0.05, 0.1) is 12.3 Å². The normalized spacial score (nSPS) is 12.7. The lowest BCUT2D eigenvalue weighted by atomic mass is 9.93. The molecule has 2 rings (SSSR count). The number of nitrogens with two attached hydrogens (primary N) is 1. The van der Waals surface area contributed by atoms with E-state index in [-0.39, 0.29) is 0 Å². The molecule has 1 aromatic carbocycles. The Bertz CT molecular complexity index is 578. The number of benzene rings is 1. The Morgan fingerprint density at radius 3 is 2.32 bits per heavy atom. The molecule has 19 heavy (non-hydrogen) atoms. The zero-order valence-electron chi connectivity index (χ0n) is 11.9. The summed E-state index contributed by atoms with van der Waals surface area (Å²) in [7, 11) is 1.77. The Kier molecular flexibility index (Phi) is 3.62. The van der Waals surface area contributed by atoms with Crippen LogP contribution in [0.3, 0.4) is 0 Å². The number of aliphatic hydroxyl groups excluding tert-OH is 1. The van der Waals surface area contributed by atoms with Gasteiger partial charge in [0, 0.05) is 19.0 Å². The van der Waals surface area contributed by atoms with Crippen molar-refractivity contribution in [2.75, 3.05) is 5.73 Å². The van der Waals surface area contributed by atoms with Crippen molar-refractivity contribution in [2.24, 2.45) is 7.05 Å². The maximum Gasteiger partial charge on any atom is 0.127 e. The van der Waals surface area contributed by atoms with E-state index in [9.17, 15) is 5.11 Å². The molecule has 1 atom stereocenters. The minimum absolute atomic E-state index is 0.523. The van der Waals surface area contributed by atoms with Crippen molar-refractivity contribution in [1.82, 2.24) is 9.78 Å². The number of aryl methyl sites for hydroxylation is 4. The Morgan fingerprint density at radius 2 is 1.84 bits per heavy atom. The van der Waals surface area contributed by atoms with E-state index >= 15 is 0 Å². The van der Waals surface area contributed by atoms with E-state index in [1.54, 1.807) is 17.9 Å². The topological polar surface area (TPSA) is 64.1 Å². The molecule has 2 aromatic rings. The van der Waals surface area contributed by atoms with Gasteiger partial charge in [0.2, 0.25) is 0 Å². The summed E-state index contributed by atoms with van der Waals surface area (Å²) in [6.07, 6.45) is 1.58. The molecular weight excluding hydrogens is 238 g/mol. The lowest BCUT2D eigenvalue weighted by Gasteiger charge is -2.15. The maximum absolute atomic E-state index is 10.4. The number of anilines is 1. The zero-order valence-corrected chi connectivity index (χ0v) is 11.9. The van der Waals surface area contributed by atoms with Gasteiger partial charge < -0.3 is 10.8 Å². The van der Waals surface area contributed by atoms with Crippen molar-refractivity contribution in [3.63, 3.8) is 0 Å². The first-order valence-electron chi connectivity index (χ1n) is 6.42. The number of aliphatic hydroxyl groups is 1. The van der Waals surface area contributed by atoms with Gasteiger partial charge in [-0.3, -0.25) is 4.68 Å². The van der Waals surface area contributed by atoms with E-state index in [1.165, 1.54) is 22.3 Å². The van der Waals surface area contributed by atoms with Crippen molar-refractivity contribution >= 4 is 5.82 Å². The van der Waals surface area contributed by atoms with E-state index in [4.69, 9.17) is 5.73 Å². The molecule has 0 spiro atoms. The first-order chi connectivity index (χ1) is 8.90. The van der Waals surface area contributed by atoms with Gasteiger partial charge in [-0.1, -0.05) is 17.7 Å². The smallest absolute Gasteiger partial charge is 0.127 e. The minimum atomic E-state index is -0.617. The third-order valence-electron chi connectivity index (χ3n) is 3.61. The van der Waals surface area contributed by atoms with Crippen molar-refractivity contribution in [3.05, 3.63) is 46.1 Å². The Balaban J connectivity index is 2.29. The lowest BCUT2D eigenvalue weighted by molar-refractivity contribution is 0.179. The highest BCUT2D eigenvalue weighted by Crippen LogP contribution is 2.26. The third-order valence-corrected chi connectivity index (χ3v) is 3.61. The minimum Gasteiger partial charge on any atom is -0.388 e. The van der Waals surface area contributed by atoms with Crippen LogP contribution in [0.25, 0.3) is 0 Å². The van der Waals surface area contributed by atoms with Gasteiger partial charge >= 0.3 is 0 Å². The number of nitrogen functional groups attached to an aromatic ring is 1. The molecule has 0 saturated carbocycles. The van der Waals surface area contributed by atoms with E-state index in [1.807, 2.05) is 0 Å². The highest BCUT2D eigenvalue weighted by molar-refractivity contribution is 5.43. The number of hydrogen-bond donors (Lipinski definition) is 2. The lowest BCUT2D eigenvalue weighted by Crippen LogP contribution is -2.08. The molecule has 0 aliphatic carbocycles. The van der Waals surface area contributed by atoms with Crippen molar-refractivity contribution in [2.45, 2.75) is 33.3 Å². The molecule has 4 heteroatoms. The summed E-state index contributed by atoms with van der Waals surface area (Å²) in [6.45, 7) is 6.24. The summed E-state index contributed by atoms with van der Waals surface area (Å²) in [5, 5.41) is 14.4. The zero-order chi connectivity index (χ0) is 14.2. The number of aromatic nitrogens is 2. The van der Waals surface area contributed by atoms with Gasteiger partial charge in [0.25, 0.3) is 0 Å². The Morgan fingerprint density at radius 1 is 1.26 bits per heavy atom. The van der Waals surface area contributed by atoms with Crippen LogP contribution in [0.5, 0.6) is 0 Å². The fourth-order valence-electron chi connectivity index (χ4n) is 2.56. The average molecular weight is 259 g/mol. The summed E-state index contributed by atoms with van der Waals surface area (Å²) in [5.41, 5.74) is 11.4. The van der Waals surface area contributed by atoms with E-state index in [0.717, 1.165) is 0 Å². The average Bonchev–Trinajstić information content (AvgIpc) is 2.64. The van der Waals surface area contributed by atoms with Gasteiger partial charge in [0.15, 0.2) is 0 Å². The largest absolute Gasteiger partial charge is 0.388 e. The predicted molar refractivity (Wildman–Crippen MR) is 76.9 cm³/mol. The van der Waals surface area contributed by atoms with E-state index in [2.05, 4.69) is 38.0 Å². The number of hydrogen-bond acceptors (Lipinski definition) is 3. The van der Waals surface area contributed by atoms with Crippen LogP contribution in [0.2, 0.25) is 0 Å². The number of nitrogens with zero attached hydrogens (tertiary/aromatic N) is 2. The molecule has 3 N–H and O–H groups in total. The molecule has 0 aliphatic heterocycles. The van der Waals surface area contributed by atoms with Crippen LogP contribution < -0.4 is 5.73 Å². The van der Waals surface area contributed by atoms with Crippen molar-refractivity contribution < 1.29 is 5.11 Å². The van der Waals surface area contributed by atoms with Crippen LogP contribution in [0, 0.1) is 20.8 Å². The van der Waals surface area contributed by atoms with Gasteiger partial charge in [-0.2, -0.15) is 5.10 Å². The summed E-state index contributed by atoms with van der Waals surface area (Å²) in [6, 6.07) is 4.28. The van der Waals surface area contributed by atoms with Crippen LogP contribution >= 0.6 is 0 Å². The summed E-state index contributed by atoms with van der Waals surface area (Å²) < 4.78 is 1.58. The summed E-state index contributed by atoms with van der Waals surface area (Å²) in [4.78, 5) is 0. The van der Waals surface area contributed by atoms with Crippen LogP contribution in [0.4, 0.5) is 5.82 Å². The van der Waals surface area contributed by atoms with Crippen LogP contribution in [-0.4, -0.2) is 14.9 Å². The Labute approximate surface area is 113 Å². The van der Waals surface area contributed by atoms with Crippen LogP contribution in [0.15, 0.2) is 18.3 Å². The van der Waals surface area contributed by atoms with E-state index < -0.39 is 6.10 Å². The fourth-order valence-corrected chi connectivity index (χ4v) is 2.56. The molecule has 0 bridgehead atoms. The van der Waals surface area contributed by atoms with Gasteiger partial charge in [-0.15, -0.1) is 0 Å². The summed E-state index contributed by atoms with van der Waals surface area (Å²) in [5.74, 6) is 0.523. The van der Waals surface area contributed by atoms with Crippen molar-refractivity contribution in [1.29, 1.82) is 0 Å². The van der Waals surface area contributed by atoms with Crippen molar-refractivity contribution in [3.8, 4) is 0 Å². The molecule has 0 saturated heterocycles. The number of rotatable bonds is 3. The van der Waals surface area contributed by atoms with Crippen LogP contribution in [-0.2, 0) is 13.5 Å². The first kappa shape index (κ1) is 13.6. The molecule has 1 heterocycles. The molecule has 4 nitrogen and oxygen atoms in total. The molecule has 0 amide bonds. The molecule has 1 unspecified atom stereocenters. The second-order valence-corrected chi connectivity index (χ2v) is 5.21. The maximum atomic E-state index is 10.4. The first-order valence-corrected chi connectivity index (χ1v) is 6.42. The van der Waals surface area contributed by atoms with Crippen LogP contribution in [0.1, 0.15) is 33.9 Å². The SMILES string of the molecule is Cc1cc(C)c(CC(O)c2cnn(C)c2N)c(C)c1. The molecule has 0 aliphatic rings. The third kappa shape index (κ3) is 2.63. The quantitative estimate of drug-likeness (QED) is 0.888. The molecule has 0 radical (unpaired) electrons. The van der Waals surface area contributed by atoms with Gasteiger partial charge in [-0.05, 0) is 37.5 Å². The molecule has 0 fully saturated rings. The second-order valence-electron chi connectivity index (χ2n) is 5.21. The highest BCUT2D eigenvalue weighted by atomic mass is 16.3. The molecular formula is C15H21N3O. The predicted octanol–water partition coefficient (Wildman–Crippen LogP) is 2.20. The second kappa shape index (κ2) is 5.05. The summed E-state index contributed by atoms with van der Waals surface area (Å²) >= 11 is 0. The molecule has 102 valence electrons. The standard InChI is InChI=1S/C15H21N3O/c1-9-5-10(2)12(11(3)6-9)7-14(19)13-8-17-18(4)15(13)16/h5-6,8,14,19H,7,16H2,1-4H3. The van der Waals surface area contributed by atoms with Gasteiger partial charge in [-0.25, -0.2) is 0 Å². The fraction of sp³-hybridized carbons (Fsp3) is 0.400.